The molecule has 0 atom stereocenters. The van der Waals surface area contributed by atoms with Crippen LogP contribution in [0.2, 0.25) is 0 Å². The maximum atomic E-state index is 4.41. The predicted molar refractivity (Wildman–Crippen MR) is 58.2 cm³/mol. The van der Waals surface area contributed by atoms with Crippen LogP contribution in [0.15, 0.2) is 6.07 Å². The minimum atomic E-state index is 0.359. The van der Waals surface area contributed by atoms with Crippen molar-refractivity contribution in [1.82, 2.24) is 15.0 Å². The highest BCUT2D eigenvalue weighted by molar-refractivity contribution is 5.34. The molecule has 0 saturated heterocycles. The van der Waals surface area contributed by atoms with E-state index < -0.39 is 0 Å². The van der Waals surface area contributed by atoms with Crippen molar-refractivity contribution in [2.24, 2.45) is 0 Å². The van der Waals surface area contributed by atoms with Crippen molar-refractivity contribution in [3.05, 3.63) is 17.6 Å². The van der Waals surface area contributed by atoms with Crippen molar-refractivity contribution >= 4 is 5.82 Å². The van der Waals surface area contributed by atoms with Gasteiger partial charge in [0.25, 0.3) is 0 Å². The molecule has 0 amide bonds. The highest BCUT2D eigenvalue weighted by atomic mass is 15.5. The second-order valence-corrected chi connectivity index (χ2v) is 3.91. The Kier molecular flexibility index (Phi) is 3.41. The summed E-state index contributed by atoms with van der Waals surface area (Å²) in [6.45, 7) is 6.16. The van der Waals surface area contributed by atoms with Crippen molar-refractivity contribution in [1.29, 1.82) is 0 Å². The fourth-order valence-electron chi connectivity index (χ4n) is 1.14. The molecule has 1 aromatic rings. The van der Waals surface area contributed by atoms with Crippen LogP contribution in [0.4, 0.5) is 5.82 Å². The van der Waals surface area contributed by atoms with Gasteiger partial charge in [-0.3, -0.25) is 0 Å². The molecule has 0 bridgehead atoms. The van der Waals surface area contributed by atoms with Crippen LogP contribution in [0.5, 0.6) is 0 Å². The lowest BCUT2D eigenvalue weighted by Crippen LogP contribution is -2.21. The molecule has 1 heterocycles. The third-order valence-electron chi connectivity index (χ3n) is 1.73. The molecule has 1 N–H and O–H groups in total. The number of hydrogen-bond acceptors (Lipinski definition) is 4. The quantitative estimate of drug-likeness (QED) is 0.745. The molecular formula is C10H18N4. The number of aromatic nitrogens is 2. The first-order chi connectivity index (χ1) is 6.49. The Labute approximate surface area is 85.3 Å². The molecule has 0 unspecified atom stereocenters. The number of hydrogen-bond donors (Lipinski definition) is 1. The van der Waals surface area contributed by atoms with Crippen LogP contribution in [0, 0.1) is 6.92 Å². The third kappa shape index (κ3) is 2.96. The van der Waals surface area contributed by atoms with Crippen molar-refractivity contribution in [3.63, 3.8) is 0 Å². The Balaban J connectivity index is 2.95. The van der Waals surface area contributed by atoms with Gasteiger partial charge in [-0.1, -0.05) is 13.8 Å². The van der Waals surface area contributed by atoms with Gasteiger partial charge in [-0.05, 0) is 6.92 Å². The van der Waals surface area contributed by atoms with Gasteiger partial charge in [0.15, 0.2) is 0 Å². The van der Waals surface area contributed by atoms with Gasteiger partial charge in [-0.15, -0.1) is 0 Å². The minimum absolute atomic E-state index is 0.359. The minimum Gasteiger partial charge on any atom is -0.304 e. The standard InChI is InChI=1S/C10H18N4/c1-7(2)10-11-8(3)6-9(12-10)13-14(4)5/h6-7H,1-5H3,(H,11,12,13). The van der Waals surface area contributed by atoms with Gasteiger partial charge in [0, 0.05) is 31.8 Å². The molecular weight excluding hydrogens is 176 g/mol. The Bertz CT molecular complexity index is 307. The molecule has 0 aromatic carbocycles. The molecule has 0 aliphatic heterocycles. The second kappa shape index (κ2) is 4.37. The average molecular weight is 194 g/mol. The summed E-state index contributed by atoms with van der Waals surface area (Å²) in [5, 5.41) is 1.87. The number of anilines is 1. The molecule has 1 rings (SSSR count). The first kappa shape index (κ1) is 10.9. The molecule has 4 heteroatoms. The van der Waals surface area contributed by atoms with Crippen LogP contribution in [0.1, 0.15) is 31.3 Å². The van der Waals surface area contributed by atoms with Crippen molar-refractivity contribution in [3.8, 4) is 0 Å². The van der Waals surface area contributed by atoms with Crippen LogP contribution in [-0.2, 0) is 0 Å². The Morgan fingerprint density at radius 3 is 2.43 bits per heavy atom. The number of nitrogens with one attached hydrogen (secondary N) is 1. The van der Waals surface area contributed by atoms with Crippen molar-refractivity contribution in [2.45, 2.75) is 26.7 Å². The lowest BCUT2D eigenvalue weighted by atomic mass is 10.2. The molecule has 0 aliphatic carbocycles. The van der Waals surface area contributed by atoms with Gasteiger partial charge in [0.2, 0.25) is 0 Å². The molecule has 0 fully saturated rings. The van der Waals surface area contributed by atoms with E-state index in [0.717, 1.165) is 17.3 Å². The smallest absolute Gasteiger partial charge is 0.144 e. The SMILES string of the molecule is Cc1cc(NN(C)C)nc(C(C)C)n1. The molecule has 14 heavy (non-hydrogen) atoms. The van der Waals surface area contributed by atoms with E-state index in [4.69, 9.17) is 0 Å². The molecule has 1 aromatic heterocycles. The topological polar surface area (TPSA) is 41.0 Å². The summed E-state index contributed by atoms with van der Waals surface area (Å²) in [7, 11) is 3.87. The average Bonchev–Trinajstić information content (AvgIpc) is 2.01. The molecule has 0 saturated carbocycles. The summed E-state index contributed by atoms with van der Waals surface area (Å²) < 4.78 is 0. The van der Waals surface area contributed by atoms with Gasteiger partial charge in [0.1, 0.15) is 11.6 Å². The Morgan fingerprint density at radius 2 is 1.93 bits per heavy atom. The van der Waals surface area contributed by atoms with E-state index in [2.05, 4.69) is 29.2 Å². The van der Waals surface area contributed by atoms with E-state index in [9.17, 15) is 0 Å². The lowest BCUT2D eigenvalue weighted by Gasteiger charge is -2.14. The highest BCUT2D eigenvalue weighted by Crippen LogP contribution is 2.13. The van der Waals surface area contributed by atoms with Crippen molar-refractivity contribution in [2.75, 3.05) is 19.5 Å². The van der Waals surface area contributed by atoms with Gasteiger partial charge in [0.05, 0.1) is 0 Å². The predicted octanol–water partition coefficient (Wildman–Crippen LogP) is 1.80. The normalized spacial score (nSPS) is 11.1. The Morgan fingerprint density at radius 1 is 1.29 bits per heavy atom. The summed E-state index contributed by atoms with van der Waals surface area (Å²) in [6, 6.07) is 1.94. The largest absolute Gasteiger partial charge is 0.304 e. The number of rotatable bonds is 3. The zero-order chi connectivity index (χ0) is 10.7. The number of aryl methyl sites for hydroxylation is 1. The van der Waals surface area contributed by atoms with Gasteiger partial charge in [-0.25, -0.2) is 15.0 Å². The summed E-state index contributed by atoms with van der Waals surface area (Å²) in [5.41, 5.74) is 4.12. The van der Waals surface area contributed by atoms with Crippen LogP contribution in [0.25, 0.3) is 0 Å². The van der Waals surface area contributed by atoms with E-state index in [1.807, 2.05) is 32.1 Å². The first-order valence-electron chi connectivity index (χ1n) is 4.78. The number of nitrogens with zero attached hydrogens (tertiary/aromatic N) is 3. The fraction of sp³-hybridized carbons (Fsp3) is 0.600. The monoisotopic (exact) mass is 194 g/mol. The van der Waals surface area contributed by atoms with E-state index in [0.29, 0.717) is 5.92 Å². The maximum Gasteiger partial charge on any atom is 0.144 e. The van der Waals surface area contributed by atoms with Crippen LogP contribution < -0.4 is 5.43 Å². The van der Waals surface area contributed by atoms with Crippen LogP contribution in [0.3, 0.4) is 0 Å². The highest BCUT2D eigenvalue weighted by Gasteiger charge is 2.05. The zero-order valence-corrected chi connectivity index (χ0v) is 9.50. The molecule has 4 nitrogen and oxygen atoms in total. The van der Waals surface area contributed by atoms with Crippen molar-refractivity contribution < 1.29 is 0 Å². The van der Waals surface area contributed by atoms with Crippen LogP contribution >= 0.6 is 0 Å². The van der Waals surface area contributed by atoms with E-state index >= 15 is 0 Å². The molecule has 0 spiro atoms. The first-order valence-corrected chi connectivity index (χ1v) is 4.78. The summed E-state index contributed by atoms with van der Waals surface area (Å²) in [4.78, 5) is 8.78. The summed E-state index contributed by atoms with van der Waals surface area (Å²) >= 11 is 0. The lowest BCUT2D eigenvalue weighted by molar-refractivity contribution is 0.491. The number of hydrazine groups is 1. The molecule has 0 radical (unpaired) electrons. The second-order valence-electron chi connectivity index (χ2n) is 3.91. The Hall–Kier alpha value is -1.16. The van der Waals surface area contributed by atoms with E-state index in [1.165, 1.54) is 0 Å². The summed E-state index contributed by atoms with van der Waals surface area (Å²) in [5.74, 6) is 2.10. The van der Waals surface area contributed by atoms with Gasteiger partial charge < -0.3 is 5.43 Å². The fourth-order valence-corrected chi connectivity index (χ4v) is 1.14. The molecule has 78 valence electrons. The van der Waals surface area contributed by atoms with Gasteiger partial charge in [-0.2, -0.15) is 0 Å². The summed E-state index contributed by atoms with van der Waals surface area (Å²) in [6.07, 6.45) is 0. The zero-order valence-electron chi connectivity index (χ0n) is 9.50. The maximum absolute atomic E-state index is 4.41. The van der Waals surface area contributed by atoms with E-state index in [1.54, 1.807) is 0 Å². The van der Waals surface area contributed by atoms with Gasteiger partial charge >= 0.3 is 0 Å². The third-order valence-corrected chi connectivity index (χ3v) is 1.73. The van der Waals surface area contributed by atoms with E-state index in [-0.39, 0.29) is 0 Å². The molecule has 0 aliphatic rings. The van der Waals surface area contributed by atoms with Crippen LogP contribution in [-0.4, -0.2) is 29.1 Å².